The summed E-state index contributed by atoms with van der Waals surface area (Å²) in [6, 6.07) is 27.3. The highest BCUT2D eigenvalue weighted by Gasteiger charge is 2.18. The van der Waals surface area contributed by atoms with Crippen molar-refractivity contribution in [1.29, 1.82) is 0 Å². The minimum absolute atomic E-state index is 0.716. The summed E-state index contributed by atoms with van der Waals surface area (Å²) in [6.45, 7) is 3.10. The van der Waals surface area contributed by atoms with Gasteiger partial charge in [0.25, 0.3) is 0 Å². The van der Waals surface area contributed by atoms with E-state index in [2.05, 4.69) is 76.6 Å². The van der Waals surface area contributed by atoms with E-state index in [-0.39, 0.29) is 0 Å². The highest BCUT2D eigenvalue weighted by molar-refractivity contribution is 5.93. The zero-order chi connectivity index (χ0) is 25.0. The zero-order valence-electron chi connectivity index (χ0n) is 20.9. The Balaban J connectivity index is 1.35. The number of aromatic nitrogens is 3. The molecule has 6 rings (SSSR count). The number of para-hydroxylation sites is 1. The van der Waals surface area contributed by atoms with Crippen molar-refractivity contribution in [3.63, 3.8) is 0 Å². The third kappa shape index (κ3) is 5.06. The number of hydrogen-bond donors (Lipinski definition) is 2. The smallest absolute Gasteiger partial charge is 0.162 e. The van der Waals surface area contributed by atoms with Crippen LogP contribution < -0.4 is 10.6 Å². The van der Waals surface area contributed by atoms with Crippen molar-refractivity contribution in [2.24, 2.45) is 0 Å². The van der Waals surface area contributed by atoms with Gasteiger partial charge in [-0.3, -0.25) is 0 Å². The maximum Gasteiger partial charge on any atom is 0.162 e. The molecular weight excluding hydrogens is 458 g/mol. The van der Waals surface area contributed by atoms with Crippen molar-refractivity contribution in [2.75, 3.05) is 36.9 Å². The normalized spacial score (nSPS) is 13.8. The molecular formula is C31H31N5O. The molecule has 3 aromatic carbocycles. The van der Waals surface area contributed by atoms with Crippen LogP contribution in [0.3, 0.4) is 0 Å². The third-order valence-electron chi connectivity index (χ3n) is 7.15. The number of nitrogens with two attached hydrogens (primary N) is 1. The first-order valence-corrected chi connectivity index (χ1v) is 12.9. The lowest BCUT2D eigenvalue weighted by Crippen LogP contribution is -2.37. The molecule has 3 heterocycles. The van der Waals surface area contributed by atoms with Crippen LogP contribution in [0.4, 0.5) is 11.5 Å². The van der Waals surface area contributed by atoms with Crippen LogP contribution in [0, 0.1) is 0 Å². The summed E-state index contributed by atoms with van der Waals surface area (Å²) in [5, 5.41) is 1.13. The fraction of sp³-hybridized carbons (Fsp3) is 0.226. The van der Waals surface area contributed by atoms with Crippen molar-refractivity contribution < 1.29 is 4.74 Å². The molecule has 6 nitrogen and oxygen atoms in total. The summed E-state index contributed by atoms with van der Waals surface area (Å²) in [7, 11) is 0. The molecule has 1 aliphatic rings. The molecule has 2 aromatic heterocycles. The Bertz CT molecular complexity index is 1520. The largest absolute Gasteiger partial charge is 0.399 e. The van der Waals surface area contributed by atoms with E-state index in [4.69, 9.17) is 20.4 Å². The maximum absolute atomic E-state index is 6.20. The number of nitrogens with zero attached hydrogens (tertiary/aromatic N) is 3. The molecule has 5 aromatic rings. The van der Waals surface area contributed by atoms with Crippen molar-refractivity contribution in [1.82, 2.24) is 15.0 Å². The average molecular weight is 490 g/mol. The van der Waals surface area contributed by atoms with E-state index in [1.54, 1.807) is 0 Å². The molecule has 0 aliphatic carbocycles. The van der Waals surface area contributed by atoms with E-state index in [1.165, 1.54) is 16.7 Å². The van der Waals surface area contributed by atoms with Gasteiger partial charge in [-0.15, -0.1) is 0 Å². The van der Waals surface area contributed by atoms with Crippen LogP contribution in [0.25, 0.3) is 22.3 Å². The molecule has 0 amide bonds. The van der Waals surface area contributed by atoms with Gasteiger partial charge in [-0.05, 0) is 47.7 Å². The standard InChI is InChI=1S/C31H31N5O/c32-28-10-4-3-7-23(28)13-12-22-6-1-2-8-24(22)20-25-21-30(36-16-18-37-19-17-36)35-31(34-25)27-9-5-11-29-26(27)14-15-33-29/h1-11,14-15,21,33H,12-13,16-20,32H2. The van der Waals surface area contributed by atoms with Gasteiger partial charge in [-0.1, -0.05) is 54.6 Å². The van der Waals surface area contributed by atoms with Crippen molar-refractivity contribution in [2.45, 2.75) is 19.3 Å². The number of anilines is 2. The highest BCUT2D eigenvalue weighted by Crippen LogP contribution is 2.29. The first-order chi connectivity index (χ1) is 18.2. The van der Waals surface area contributed by atoms with Gasteiger partial charge in [0.15, 0.2) is 5.82 Å². The number of hydrogen-bond acceptors (Lipinski definition) is 5. The predicted octanol–water partition coefficient (Wildman–Crippen LogP) is 5.42. The molecule has 37 heavy (non-hydrogen) atoms. The Hall–Kier alpha value is -4.16. The predicted molar refractivity (Wildman–Crippen MR) is 150 cm³/mol. The number of fused-ring (bicyclic) bond motifs is 1. The van der Waals surface area contributed by atoms with Crippen LogP contribution in [-0.4, -0.2) is 41.3 Å². The Labute approximate surface area is 217 Å². The summed E-state index contributed by atoms with van der Waals surface area (Å²) in [6.07, 6.45) is 4.56. The second-order valence-corrected chi connectivity index (χ2v) is 9.53. The molecule has 1 saturated heterocycles. The second-order valence-electron chi connectivity index (χ2n) is 9.53. The molecule has 0 unspecified atom stereocenters. The number of nitrogen functional groups attached to an aromatic ring is 1. The van der Waals surface area contributed by atoms with Gasteiger partial charge in [0.1, 0.15) is 5.82 Å². The Morgan fingerprint density at radius 3 is 2.41 bits per heavy atom. The van der Waals surface area contributed by atoms with Crippen LogP contribution in [0.5, 0.6) is 0 Å². The number of rotatable bonds is 7. The molecule has 1 fully saturated rings. The molecule has 0 atom stereocenters. The van der Waals surface area contributed by atoms with Crippen LogP contribution >= 0.6 is 0 Å². The molecule has 3 N–H and O–H groups in total. The van der Waals surface area contributed by atoms with Crippen molar-refractivity contribution >= 4 is 22.4 Å². The van der Waals surface area contributed by atoms with Gasteiger partial charge in [-0.2, -0.15) is 0 Å². The first-order valence-electron chi connectivity index (χ1n) is 12.9. The quantitative estimate of drug-likeness (QED) is 0.299. The summed E-state index contributed by atoms with van der Waals surface area (Å²) in [4.78, 5) is 15.7. The van der Waals surface area contributed by atoms with Gasteiger partial charge in [0.2, 0.25) is 0 Å². The second kappa shape index (κ2) is 10.4. The summed E-state index contributed by atoms with van der Waals surface area (Å²) in [5.74, 6) is 1.73. The number of H-pyrrole nitrogens is 1. The summed E-state index contributed by atoms with van der Waals surface area (Å²) in [5.41, 5.74) is 14.0. The fourth-order valence-electron chi connectivity index (χ4n) is 5.13. The van der Waals surface area contributed by atoms with Crippen LogP contribution in [-0.2, 0) is 24.0 Å². The zero-order valence-corrected chi connectivity index (χ0v) is 20.9. The lowest BCUT2D eigenvalue weighted by Gasteiger charge is -2.28. The Kier molecular flexibility index (Phi) is 6.57. The SMILES string of the molecule is Nc1ccccc1CCc1ccccc1Cc1cc(N2CCOCC2)nc(-c2cccc3[nH]ccc23)n1. The first kappa shape index (κ1) is 23.3. The molecule has 6 heteroatoms. The lowest BCUT2D eigenvalue weighted by atomic mass is 9.96. The van der Waals surface area contributed by atoms with E-state index in [1.807, 2.05) is 18.3 Å². The minimum Gasteiger partial charge on any atom is -0.399 e. The summed E-state index contributed by atoms with van der Waals surface area (Å²) >= 11 is 0. The van der Waals surface area contributed by atoms with E-state index >= 15 is 0 Å². The highest BCUT2D eigenvalue weighted by atomic mass is 16.5. The van der Waals surface area contributed by atoms with E-state index in [9.17, 15) is 0 Å². The number of nitrogens with one attached hydrogen (secondary N) is 1. The van der Waals surface area contributed by atoms with Crippen LogP contribution in [0.15, 0.2) is 85.1 Å². The van der Waals surface area contributed by atoms with Crippen LogP contribution in [0.2, 0.25) is 0 Å². The molecule has 0 bridgehead atoms. The van der Waals surface area contributed by atoms with Gasteiger partial charge < -0.3 is 20.4 Å². The fourth-order valence-corrected chi connectivity index (χ4v) is 5.13. The number of ether oxygens (including phenoxy) is 1. The maximum atomic E-state index is 6.20. The minimum atomic E-state index is 0.716. The number of aryl methyl sites for hydroxylation is 2. The monoisotopic (exact) mass is 489 g/mol. The molecule has 0 spiro atoms. The topological polar surface area (TPSA) is 80.1 Å². The lowest BCUT2D eigenvalue weighted by molar-refractivity contribution is 0.122. The molecule has 0 saturated carbocycles. The number of aromatic amines is 1. The van der Waals surface area contributed by atoms with Gasteiger partial charge in [0, 0.05) is 53.9 Å². The van der Waals surface area contributed by atoms with Crippen molar-refractivity contribution in [3.8, 4) is 11.4 Å². The number of benzene rings is 3. The average Bonchev–Trinajstić information content (AvgIpc) is 3.43. The van der Waals surface area contributed by atoms with Crippen molar-refractivity contribution in [3.05, 3.63) is 107 Å². The van der Waals surface area contributed by atoms with Gasteiger partial charge in [-0.25, -0.2) is 9.97 Å². The molecule has 0 radical (unpaired) electrons. The summed E-state index contributed by atoms with van der Waals surface area (Å²) < 4.78 is 5.60. The van der Waals surface area contributed by atoms with E-state index < -0.39 is 0 Å². The Morgan fingerprint density at radius 2 is 1.57 bits per heavy atom. The van der Waals surface area contributed by atoms with Crippen LogP contribution in [0.1, 0.15) is 22.4 Å². The van der Waals surface area contributed by atoms with E-state index in [0.717, 1.165) is 71.8 Å². The number of morpholine rings is 1. The molecule has 1 aliphatic heterocycles. The Morgan fingerprint density at radius 1 is 0.811 bits per heavy atom. The van der Waals surface area contributed by atoms with Gasteiger partial charge in [0.05, 0.1) is 18.9 Å². The molecule has 186 valence electrons. The third-order valence-corrected chi connectivity index (χ3v) is 7.15. The van der Waals surface area contributed by atoms with Gasteiger partial charge >= 0.3 is 0 Å². The van der Waals surface area contributed by atoms with E-state index in [0.29, 0.717) is 13.2 Å².